The average molecular weight is 369 g/mol. The number of halogens is 3. The van der Waals surface area contributed by atoms with Gasteiger partial charge in [-0.3, -0.25) is 0 Å². The topological polar surface area (TPSA) is 33.0 Å². The zero-order chi connectivity index (χ0) is 15.4. The summed E-state index contributed by atoms with van der Waals surface area (Å²) in [6.07, 6.45) is 0. The number of hydrogen-bond donors (Lipinski definition) is 0. The van der Waals surface area contributed by atoms with Gasteiger partial charge < -0.3 is 4.74 Å². The van der Waals surface area contributed by atoms with Crippen LogP contribution in [0, 0.1) is 24.1 Å². The molecule has 0 aliphatic carbocycles. The van der Waals surface area contributed by atoms with E-state index in [0.29, 0.717) is 22.8 Å². The SMILES string of the molecule is Cc1cc(Br)cc(CCl)c1OCc1cc(C#N)ccc1F. The van der Waals surface area contributed by atoms with Gasteiger partial charge in [-0.15, -0.1) is 11.6 Å². The Morgan fingerprint density at radius 2 is 2.05 bits per heavy atom. The minimum atomic E-state index is -0.392. The van der Waals surface area contributed by atoms with Crippen LogP contribution in [0.1, 0.15) is 22.3 Å². The van der Waals surface area contributed by atoms with Gasteiger partial charge in [-0.1, -0.05) is 15.9 Å². The van der Waals surface area contributed by atoms with E-state index in [1.807, 2.05) is 25.1 Å². The molecule has 21 heavy (non-hydrogen) atoms. The molecule has 5 heteroatoms. The Balaban J connectivity index is 2.27. The summed E-state index contributed by atoms with van der Waals surface area (Å²) >= 11 is 9.32. The third kappa shape index (κ3) is 3.75. The summed E-state index contributed by atoms with van der Waals surface area (Å²) in [5, 5.41) is 8.86. The third-order valence-corrected chi connectivity index (χ3v) is 3.75. The molecule has 0 aliphatic heterocycles. The maximum atomic E-state index is 13.7. The van der Waals surface area contributed by atoms with E-state index in [9.17, 15) is 4.39 Å². The normalized spacial score (nSPS) is 10.2. The van der Waals surface area contributed by atoms with E-state index in [-0.39, 0.29) is 6.61 Å². The monoisotopic (exact) mass is 367 g/mol. The molecule has 2 rings (SSSR count). The van der Waals surface area contributed by atoms with Crippen molar-refractivity contribution >= 4 is 27.5 Å². The molecule has 0 atom stereocenters. The number of aryl methyl sites for hydroxylation is 1. The molecule has 0 saturated heterocycles. The van der Waals surface area contributed by atoms with Gasteiger partial charge in [-0.25, -0.2) is 4.39 Å². The van der Waals surface area contributed by atoms with Crippen molar-refractivity contribution in [1.82, 2.24) is 0 Å². The molecular formula is C16H12BrClFNO. The van der Waals surface area contributed by atoms with Gasteiger partial charge in [0.05, 0.1) is 17.5 Å². The highest BCUT2D eigenvalue weighted by Crippen LogP contribution is 2.30. The van der Waals surface area contributed by atoms with Crippen molar-refractivity contribution < 1.29 is 9.13 Å². The summed E-state index contributed by atoms with van der Waals surface area (Å²) < 4.78 is 20.4. The van der Waals surface area contributed by atoms with Crippen molar-refractivity contribution in [3.8, 4) is 11.8 Å². The molecule has 2 aromatic carbocycles. The van der Waals surface area contributed by atoms with Crippen molar-refractivity contribution in [2.45, 2.75) is 19.4 Å². The van der Waals surface area contributed by atoms with Gasteiger partial charge in [-0.05, 0) is 42.8 Å². The van der Waals surface area contributed by atoms with Crippen LogP contribution in [0.4, 0.5) is 4.39 Å². The summed E-state index contributed by atoms with van der Waals surface area (Å²) in [6, 6.07) is 9.97. The van der Waals surface area contributed by atoms with E-state index in [1.165, 1.54) is 18.2 Å². The van der Waals surface area contributed by atoms with Crippen molar-refractivity contribution in [2.75, 3.05) is 0 Å². The summed E-state index contributed by atoms with van der Waals surface area (Å²) in [7, 11) is 0. The lowest BCUT2D eigenvalue weighted by Gasteiger charge is -2.14. The Hall–Kier alpha value is -1.57. The van der Waals surface area contributed by atoms with Crippen molar-refractivity contribution in [1.29, 1.82) is 5.26 Å². The largest absolute Gasteiger partial charge is 0.488 e. The standard InChI is InChI=1S/C16H12BrClFNO/c1-10-4-14(17)6-12(7-18)16(10)21-9-13-5-11(8-20)2-3-15(13)19/h2-6H,7,9H2,1H3. The molecule has 0 aromatic heterocycles. The van der Waals surface area contributed by atoms with Gasteiger partial charge in [-0.2, -0.15) is 5.26 Å². The molecule has 2 nitrogen and oxygen atoms in total. The Bertz CT molecular complexity index is 712. The fourth-order valence-electron chi connectivity index (χ4n) is 2.01. The van der Waals surface area contributed by atoms with Crippen LogP contribution in [0.2, 0.25) is 0 Å². The van der Waals surface area contributed by atoms with Gasteiger partial charge in [0.15, 0.2) is 0 Å². The number of hydrogen-bond acceptors (Lipinski definition) is 2. The van der Waals surface area contributed by atoms with Crippen LogP contribution in [-0.4, -0.2) is 0 Å². The molecule has 0 saturated carbocycles. The summed E-state index contributed by atoms with van der Waals surface area (Å²) in [6.45, 7) is 1.95. The molecule has 0 radical (unpaired) electrons. The molecule has 0 spiro atoms. The number of alkyl halides is 1. The van der Waals surface area contributed by atoms with Gasteiger partial charge in [0.2, 0.25) is 0 Å². The molecule has 0 bridgehead atoms. The number of nitriles is 1. The lowest BCUT2D eigenvalue weighted by molar-refractivity contribution is 0.295. The molecular weight excluding hydrogens is 357 g/mol. The summed E-state index contributed by atoms with van der Waals surface area (Å²) in [5.41, 5.74) is 2.49. The fourth-order valence-corrected chi connectivity index (χ4v) is 2.83. The fraction of sp³-hybridized carbons (Fsp3) is 0.188. The zero-order valence-corrected chi connectivity index (χ0v) is 13.6. The summed E-state index contributed by atoms with van der Waals surface area (Å²) in [5.74, 6) is 0.558. The van der Waals surface area contributed by atoms with Gasteiger partial charge in [0, 0.05) is 15.6 Å². The van der Waals surface area contributed by atoms with Gasteiger partial charge in [0.25, 0.3) is 0 Å². The first-order valence-electron chi connectivity index (χ1n) is 6.21. The van der Waals surface area contributed by atoms with Crippen LogP contribution >= 0.6 is 27.5 Å². The first-order valence-corrected chi connectivity index (χ1v) is 7.54. The second kappa shape index (κ2) is 6.93. The second-order valence-electron chi connectivity index (χ2n) is 4.55. The maximum absolute atomic E-state index is 13.7. The minimum Gasteiger partial charge on any atom is -0.488 e. The van der Waals surface area contributed by atoms with E-state index in [1.54, 1.807) is 0 Å². The lowest BCUT2D eigenvalue weighted by atomic mass is 10.1. The molecule has 2 aromatic rings. The molecule has 108 valence electrons. The van der Waals surface area contributed by atoms with Crippen LogP contribution in [0.5, 0.6) is 5.75 Å². The first-order chi connectivity index (χ1) is 10.0. The molecule has 0 unspecified atom stereocenters. The van der Waals surface area contributed by atoms with Gasteiger partial charge >= 0.3 is 0 Å². The van der Waals surface area contributed by atoms with Gasteiger partial charge in [0.1, 0.15) is 18.2 Å². The highest BCUT2D eigenvalue weighted by Gasteiger charge is 2.11. The van der Waals surface area contributed by atoms with Crippen LogP contribution < -0.4 is 4.74 Å². The third-order valence-electron chi connectivity index (χ3n) is 3.01. The van der Waals surface area contributed by atoms with Crippen LogP contribution in [0.25, 0.3) is 0 Å². The molecule has 0 fully saturated rings. The Morgan fingerprint density at radius 1 is 1.29 bits per heavy atom. The highest BCUT2D eigenvalue weighted by atomic mass is 79.9. The van der Waals surface area contributed by atoms with E-state index in [0.717, 1.165) is 15.6 Å². The van der Waals surface area contributed by atoms with E-state index >= 15 is 0 Å². The Kier molecular flexibility index (Phi) is 5.22. The maximum Gasteiger partial charge on any atom is 0.129 e. The highest BCUT2D eigenvalue weighted by molar-refractivity contribution is 9.10. The number of benzene rings is 2. The van der Waals surface area contributed by atoms with Crippen molar-refractivity contribution in [2.24, 2.45) is 0 Å². The number of ether oxygens (including phenoxy) is 1. The van der Waals surface area contributed by atoms with Crippen molar-refractivity contribution in [3.05, 3.63) is 62.9 Å². The van der Waals surface area contributed by atoms with E-state index in [2.05, 4.69) is 15.9 Å². The Morgan fingerprint density at radius 3 is 2.71 bits per heavy atom. The lowest BCUT2D eigenvalue weighted by Crippen LogP contribution is -2.02. The molecule has 0 aliphatic rings. The molecule has 0 heterocycles. The van der Waals surface area contributed by atoms with Crippen molar-refractivity contribution in [3.63, 3.8) is 0 Å². The van der Waals surface area contributed by atoms with Crippen LogP contribution in [0.15, 0.2) is 34.8 Å². The smallest absolute Gasteiger partial charge is 0.129 e. The quantitative estimate of drug-likeness (QED) is 0.705. The van der Waals surface area contributed by atoms with E-state index < -0.39 is 5.82 Å². The number of nitrogens with zero attached hydrogens (tertiary/aromatic N) is 1. The Labute approximate surface area is 136 Å². The number of rotatable bonds is 4. The second-order valence-corrected chi connectivity index (χ2v) is 5.73. The predicted octanol–water partition coefficient (Wildman–Crippen LogP) is 5.09. The van der Waals surface area contributed by atoms with Crippen LogP contribution in [0.3, 0.4) is 0 Å². The first kappa shape index (κ1) is 15.8. The average Bonchev–Trinajstić information content (AvgIpc) is 2.47. The molecule has 0 N–H and O–H groups in total. The predicted molar refractivity (Wildman–Crippen MR) is 83.9 cm³/mol. The van der Waals surface area contributed by atoms with Crippen LogP contribution in [-0.2, 0) is 12.5 Å². The summed E-state index contributed by atoms with van der Waals surface area (Å²) in [4.78, 5) is 0. The molecule has 0 amide bonds. The zero-order valence-electron chi connectivity index (χ0n) is 11.3. The minimum absolute atomic E-state index is 0.0493. The van der Waals surface area contributed by atoms with E-state index in [4.69, 9.17) is 21.6 Å².